The normalized spacial score (nSPS) is 12.3. The lowest BCUT2D eigenvalue weighted by atomic mass is 10.1. The molecule has 0 saturated carbocycles. The van der Waals surface area contributed by atoms with E-state index in [2.05, 4.69) is 15.4 Å². The Bertz CT molecular complexity index is 935. The highest BCUT2D eigenvalue weighted by molar-refractivity contribution is 7.20. The first-order valence-corrected chi connectivity index (χ1v) is 8.36. The fraction of sp³-hybridized carbons (Fsp3) is 0.312. The third kappa shape index (κ3) is 3.05. The van der Waals surface area contributed by atoms with Crippen LogP contribution >= 0.6 is 11.3 Å². The molecule has 0 radical (unpaired) electrons. The highest BCUT2D eigenvalue weighted by atomic mass is 32.1. The summed E-state index contributed by atoms with van der Waals surface area (Å²) < 4.78 is 6.47. The summed E-state index contributed by atoms with van der Waals surface area (Å²) in [6.45, 7) is 3.85. The van der Waals surface area contributed by atoms with Gasteiger partial charge in [-0.15, -0.1) is 5.10 Å². The van der Waals surface area contributed by atoms with Gasteiger partial charge in [-0.1, -0.05) is 18.3 Å². The maximum atomic E-state index is 12.0. The molecule has 1 atom stereocenters. The lowest BCUT2D eigenvalue weighted by Gasteiger charge is -2.15. The Hall–Kier alpha value is -2.61. The van der Waals surface area contributed by atoms with Crippen LogP contribution in [-0.2, 0) is 6.42 Å². The van der Waals surface area contributed by atoms with E-state index in [-0.39, 0.29) is 17.4 Å². The quantitative estimate of drug-likeness (QED) is 0.738. The number of rotatable bonds is 5. The zero-order chi connectivity index (χ0) is 17.3. The monoisotopic (exact) mass is 346 g/mol. The van der Waals surface area contributed by atoms with Crippen molar-refractivity contribution in [3.05, 3.63) is 45.9 Å². The van der Waals surface area contributed by atoms with Gasteiger partial charge in [-0.05, 0) is 31.5 Å². The number of anilines is 1. The van der Waals surface area contributed by atoms with Crippen LogP contribution in [-0.4, -0.2) is 26.8 Å². The van der Waals surface area contributed by atoms with Crippen LogP contribution in [0.15, 0.2) is 29.1 Å². The minimum absolute atomic E-state index is 0.167. The number of nitrogens with one attached hydrogen (secondary N) is 1. The standard InChI is InChI=1S/C16H18N4O3S/c1-4-10-7-14(22)20-16(18-10)24-15(19-20)17-9(2)12-8-11(23-3)5-6-13(12)21/h5-9,21H,4H2,1-3H3,(H,17,19). The second-order valence-electron chi connectivity index (χ2n) is 5.33. The van der Waals surface area contributed by atoms with E-state index >= 15 is 0 Å². The van der Waals surface area contributed by atoms with Crippen LogP contribution in [0.4, 0.5) is 5.13 Å². The molecule has 0 amide bonds. The predicted molar refractivity (Wildman–Crippen MR) is 93.2 cm³/mol. The first-order chi connectivity index (χ1) is 11.5. The Morgan fingerprint density at radius 1 is 1.42 bits per heavy atom. The van der Waals surface area contributed by atoms with Crippen molar-refractivity contribution in [1.29, 1.82) is 0 Å². The van der Waals surface area contributed by atoms with Gasteiger partial charge in [-0.25, -0.2) is 4.98 Å². The van der Waals surface area contributed by atoms with Gasteiger partial charge >= 0.3 is 0 Å². The van der Waals surface area contributed by atoms with E-state index in [1.54, 1.807) is 25.3 Å². The molecule has 126 valence electrons. The Morgan fingerprint density at radius 2 is 2.21 bits per heavy atom. The number of ether oxygens (including phenoxy) is 1. The Kier molecular flexibility index (Phi) is 4.39. The fourth-order valence-electron chi connectivity index (χ4n) is 2.37. The number of methoxy groups -OCH3 is 1. The molecule has 2 aromatic heterocycles. The van der Waals surface area contributed by atoms with Gasteiger partial charge in [0.05, 0.1) is 13.2 Å². The molecule has 1 aromatic carbocycles. The average molecular weight is 346 g/mol. The summed E-state index contributed by atoms with van der Waals surface area (Å²) in [5.41, 5.74) is 1.23. The summed E-state index contributed by atoms with van der Waals surface area (Å²) in [5.74, 6) is 0.826. The molecule has 3 rings (SSSR count). The Balaban J connectivity index is 1.92. The summed E-state index contributed by atoms with van der Waals surface area (Å²) in [6, 6.07) is 6.32. The van der Waals surface area contributed by atoms with Crippen molar-refractivity contribution in [3.63, 3.8) is 0 Å². The maximum absolute atomic E-state index is 12.0. The van der Waals surface area contributed by atoms with Crippen molar-refractivity contribution >= 4 is 21.4 Å². The van der Waals surface area contributed by atoms with Gasteiger partial charge in [-0.3, -0.25) is 4.79 Å². The number of phenols is 1. The van der Waals surface area contributed by atoms with Crippen molar-refractivity contribution in [1.82, 2.24) is 14.6 Å². The second kappa shape index (κ2) is 6.48. The zero-order valence-corrected chi connectivity index (χ0v) is 14.4. The number of benzene rings is 1. The molecule has 0 aliphatic rings. The molecular formula is C16H18N4O3S. The summed E-state index contributed by atoms with van der Waals surface area (Å²) >= 11 is 1.30. The lowest BCUT2D eigenvalue weighted by Crippen LogP contribution is -2.15. The first kappa shape index (κ1) is 16.3. The number of phenolic OH excluding ortho intramolecular Hbond substituents is 1. The van der Waals surface area contributed by atoms with Crippen molar-refractivity contribution < 1.29 is 9.84 Å². The third-order valence-electron chi connectivity index (χ3n) is 3.70. The van der Waals surface area contributed by atoms with Crippen LogP contribution in [0.3, 0.4) is 0 Å². The molecule has 2 heterocycles. The molecule has 8 heteroatoms. The number of nitrogens with zero attached hydrogens (tertiary/aromatic N) is 3. The van der Waals surface area contributed by atoms with Crippen molar-refractivity contribution in [2.75, 3.05) is 12.4 Å². The fourth-order valence-corrected chi connectivity index (χ4v) is 3.28. The molecule has 2 N–H and O–H groups in total. The SMILES string of the molecule is CCc1cc(=O)n2nc(NC(C)c3cc(OC)ccc3O)sc2n1. The van der Waals surface area contributed by atoms with E-state index in [0.29, 0.717) is 27.8 Å². The van der Waals surface area contributed by atoms with E-state index in [1.807, 2.05) is 13.8 Å². The van der Waals surface area contributed by atoms with E-state index in [9.17, 15) is 9.90 Å². The maximum Gasteiger partial charge on any atom is 0.275 e. The van der Waals surface area contributed by atoms with Gasteiger partial charge in [0.2, 0.25) is 10.1 Å². The highest BCUT2D eigenvalue weighted by Gasteiger charge is 2.15. The number of aromatic hydroxyl groups is 1. The van der Waals surface area contributed by atoms with Crippen LogP contribution in [0, 0.1) is 0 Å². The highest BCUT2D eigenvalue weighted by Crippen LogP contribution is 2.31. The number of aryl methyl sites for hydroxylation is 1. The van der Waals surface area contributed by atoms with E-state index < -0.39 is 0 Å². The first-order valence-electron chi connectivity index (χ1n) is 7.55. The molecule has 0 aliphatic heterocycles. The van der Waals surface area contributed by atoms with Crippen molar-refractivity contribution in [2.24, 2.45) is 0 Å². The number of hydrogen-bond donors (Lipinski definition) is 2. The van der Waals surface area contributed by atoms with Crippen LogP contribution in [0.5, 0.6) is 11.5 Å². The number of hydrogen-bond acceptors (Lipinski definition) is 7. The van der Waals surface area contributed by atoms with Crippen LogP contribution < -0.4 is 15.6 Å². The third-order valence-corrected chi connectivity index (χ3v) is 4.54. The van der Waals surface area contributed by atoms with Gasteiger partial charge < -0.3 is 15.2 Å². The Morgan fingerprint density at radius 3 is 2.92 bits per heavy atom. The van der Waals surface area contributed by atoms with Crippen molar-refractivity contribution in [3.8, 4) is 11.5 Å². The second-order valence-corrected chi connectivity index (χ2v) is 6.29. The molecule has 7 nitrogen and oxygen atoms in total. The van der Waals surface area contributed by atoms with Crippen LogP contribution in [0.25, 0.3) is 4.96 Å². The van der Waals surface area contributed by atoms with Gasteiger partial charge in [0.1, 0.15) is 11.5 Å². The van der Waals surface area contributed by atoms with E-state index in [1.165, 1.54) is 21.9 Å². The topological polar surface area (TPSA) is 88.8 Å². The predicted octanol–water partition coefficient (Wildman–Crippen LogP) is 2.60. The van der Waals surface area contributed by atoms with E-state index in [0.717, 1.165) is 5.69 Å². The smallest absolute Gasteiger partial charge is 0.275 e. The summed E-state index contributed by atoms with van der Waals surface area (Å²) in [6.07, 6.45) is 0.695. The van der Waals surface area contributed by atoms with E-state index in [4.69, 9.17) is 4.74 Å². The lowest BCUT2D eigenvalue weighted by molar-refractivity contribution is 0.410. The van der Waals surface area contributed by atoms with Gasteiger partial charge in [0.15, 0.2) is 0 Å². The number of fused-ring (bicyclic) bond motifs is 1. The van der Waals surface area contributed by atoms with Crippen LogP contribution in [0.2, 0.25) is 0 Å². The van der Waals surface area contributed by atoms with Gasteiger partial charge in [0, 0.05) is 17.3 Å². The zero-order valence-electron chi connectivity index (χ0n) is 13.6. The Labute approximate surface area is 142 Å². The summed E-state index contributed by atoms with van der Waals surface area (Å²) in [5, 5.41) is 18.1. The van der Waals surface area contributed by atoms with Gasteiger partial charge in [0.25, 0.3) is 5.56 Å². The molecule has 0 fully saturated rings. The number of aromatic nitrogens is 3. The minimum Gasteiger partial charge on any atom is -0.508 e. The largest absolute Gasteiger partial charge is 0.508 e. The molecule has 0 spiro atoms. The molecule has 1 unspecified atom stereocenters. The molecule has 0 bridgehead atoms. The van der Waals surface area contributed by atoms with Crippen LogP contribution in [0.1, 0.15) is 31.1 Å². The molecule has 0 aliphatic carbocycles. The minimum atomic E-state index is -0.220. The molecule has 24 heavy (non-hydrogen) atoms. The average Bonchev–Trinajstić information content (AvgIpc) is 2.98. The van der Waals surface area contributed by atoms with Crippen molar-refractivity contribution in [2.45, 2.75) is 26.3 Å². The molecule has 0 saturated heterocycles. The molecular weight excluding hydrogens is 328 g/mol. The van der Waals surface area contributed by atoms with Gasteiger partial charge in [-0.2, -0.15) is 4.52 Å². The summed E-state index contributed by atoms with van der Waals surface area (Å²) in [4.78, 5) is 17.0. The summed E-state index contributed by atoms with van der Waals surface area (Å²) in [7, 11) is 1.57. The molecule has 3 aromatic rings.